The summed E-state index contributed by atoms with van der Waals surface area (Å²) in [6.45, 7) is 0. The average molecular weight is 284 g/mol. The van der Waals surface area contributed by atoms with Gasteiger partial charge in [-0.25, -0.2) is 4.79 Å². The largest absolute Gasteiger partial charge is 0.467 e. The van der Waals surface area contributed by atoms with Crippen molar-refractivity contribution in [2.45, 2.75) is 36.8 Å². The highest BCUT2D eigenvalue weighted by Gasteiger charge is 2.51. The van der Waals surface area contributed by atoms with Crippen LogP contribution < -0.4 is 0 Å². The maximum atomic E-state index is 11.4. The SMILES string of the molecule is COC(=O)[C@]1(O)C[C@@H](O)[C@@H](O)[C@H](OS(C)(=O)=O)C1. The molecule has 0 amide bonds. The molecular formula is C9H16O8S. The lowest BCUT2D eigenvalue weighted by molar-refractivity contribution is -0.186. The van der Waals surface area contributed by atoms with Crippen LogP contribution in [0.3, 0.4) is 0 Å². The van der Waals surface area contributed by atoms with Crippen LogP contribution in [0.5, 0.6) is 0 Å². The highest BCUT2D eigenvalue weighted by molar-refractivity contribution is 7.86. The summed E-state index contributed by atoms with van der Waals surface area (Å²) in [6, 6.07) is 0. The van der Waals surface area contributed by atoms with E-state index in [-0.39, 0.29) is 0 Å². The fraction of sp³-hybridized carbons (Fsp3) is 0.889. The number of methoxy groups -OCH3 is 1. The molecule has 0 spiro atoms. The molecule has 1 saturated carbocycles. The fourth-order valence-electron chi connectivity index (χ4n) is 1.92. The molecule has 0 bridgehead atoms. The monoisotopic (exact) mass is 284 g/mol. The van der Waals surface area contributed by atoms with Gasteiger partial charge in [0, 0.05) is 12.8 Å². The molecular weight excluding hydrogens is 268 g/mol. The van der Waals surface area contributed by atoms with Gasteiger partial charge >= 0.3 is 5.97 Å². The number of aliphatic hydroxyl groups is 3. The van der Waals surface area contributed by atoms with E-state index < -0.39 is 52.8 Å². The minimum absolute atomic E-state index is 0.454. The third-order valence-corrected chi connectivity index (χ3v) is 3.32. The second-order valence-corrected chi connectivity index (χ2v) is 5.93. The molecule has 4 atom stereocenters. The second-order valence-electron chi connectivity index (χ2n) is 4.33. The van der Waals surface area contributed by atoms with Gasteiger partial charge in [-0.1, -0.05) is 0 Å². The first-order valence-corrected chi connectivity index (χ1v) is 6.96. The van der Waals surface area contributed by atoms with E-state index in [4.69, 9.17) is 0 Å². The molecule has 3 N–H and O–H groups in total. The molecule has 0 aromatic rings. The van der Waals surface area contributed by atoms with Crippen LogP contribution in [-0.4, -0.2) is 67.0 Å². The van der Waals surface area contributed by atoms with Gasteiger partial charge in [-0.05, 0) is 0 Å². The normalized spacial score (nSPS) is 37.3. The summed E-state index contributed by atoms with van der Waals surface area (Å²) in [5.74, 6) is -1.02. The minimum atomic E-state index is -3.90. The molecule has 0 aliphatic heterocycles. The zero-order valence-electron chi connectivity index (χ0n) is 9.94. The summed E-state index contributed by atoms with van der Waals surface area (Å²) in [7, 11) is -2.85. The predicted molar refractivity (Wildman–Crippen MR) is 57.9 cm³/mol. The molecule has 1 fully saturated rings. The predicted octanol–water partition coefficient (Wildman–Crippen LogP) is -2.25. The molecule has 106 valence electrons. The summed E-state index contributed by atoms with van der Waals surface area (Å²) in [5.41, 5.74) is -2.08. The lowest BCUT2D eigenvalue weighted by Gasteiger charge is -2.39. The van der Waals surface area contributed by atoms with Crippen LogP contribution >= 0.6 is 0 Å². The van der Waals surface area contributed by atoms with Crippen LogP contribution in [0.25, 0.3) is 0 Å². The van der Waals surface area contributed by atoms with E-state index in [0.717, 1.165) is 13.4 Å². The number of esters is 1. The Morgan fingerprint density at radius 3 is 2.33 bits per heavy atom. The molecule has 8 nitrogen and oxygen atoms in total. The Morgan fingerprint density at radius 2 is 1.89 bits per heavy atom. The minimum Gasteiger partial charge on any atom is -0.467 e. The Labute approximate surface area is 104 Å². The molecule has 1 aliphatic carbocycles. The highest BCUT2D eigenvalue weighted by Crippen LogP contribution is 2.32. The van der Waals surface area contributed by atoms with Crippen molar-refractivity contribution < 1.29 is 37.5 Å². The molecule has 0 aromatic heterocycles. The Balaban J connectivity index is 2.94. The van der Waals surface area contributed by atoms with E-state index in [1.165, 1.54) is 0 Å². The van der Waals surface area contributed by atoms with Crippen molar-refractivity contribution in [3.05, 3.63) is 0 Å². The summed E-state index contributed by atoms with van der Waals surface area (Å²) in [4.78, 5) is 11.4. The summed E-state index contributed by atoms with van der Waals surface area (Å²) >= 11 is 0. The molecule has 18 heavy (non-hydrogen) atoms. The number of aliphatic hydroxyl groups excluding tert-OH is 2. The van der Waals surface area contributed by atoms with Crippen molar-refractivity contribution in [1.82, 2.24) is 0 Å². The number of hydrogen-bond donors (Lipinski definition) is 3. The molecule has 9 heteroatoms. The Hall–Kier alpha value is -0.740. The van der Waals surface area contributed by atoms with Crippen LogP contribution in [0, 0.1) is 0 Å². The van der Waals surface area contributed by atoms with E-state index >= 15 is 0 Å². The zero-order chi connectivity index (χ0) is 14.1. The van der Waals surface area contributed by atoms with Crippen LogP contribution in [0.4, 0.5) is 0 Å². The Kier molecular flexibility index (Phi) is 4.34. The van der Waals surface area contributed by atoms with E-state index in [1.807, 2.05) is 0 Å². The van der Waals surface area contributed by atoms with Crippen molar-refractivity contribution in [3.63, 3.8) is 0 Å². The van der Waals surface area contributed by atoms with Crippen molar-refractivity contribution >= 4 is 16.1 Å². The maximum Gasteiger partial charge on any atom is 0.338 e. The van der Waals surface area contributed by atoms with Crippen LogP contribution in [-0.2, 0) is 23.8 Å². The van der Waals surface area contributed by atoms with Gasteiger partial charge in [0.05, 0.1) is 19.5 Å². The number of hydrogen-bond acceptors (Lipinski definition) is 8. The number of rotatable bonds is 3. The Bertz CT molecular complexity index is 418. The van der Waals surface area contributed by atoms with Crippen LogP contribution in [0.2, 0.25) is 0 Å². The van der Waals surface area contributed by atoms with Crippen molar-refractivity contribution in [3.8, 4) is 0 Å². The van der Waals surface area contributed by atoms with Gasteiger partial charge < -0.3 is 20.1 Å². The van der Waals surface area contributed by atoms with Gasteiger partial charge in [-0.3, -0.25) is 4.18 Å². The van der Waals surface area contributed by atoms with Crippen LogP contribution in [0.15, 0.2) is 0 Å². The van der Waals surface area contributed by atoms with Crippen LogP contribution in [0.1, 0.15) is 12.8 Å². The summed E-state index contributed by atoms with van der Waals surface area (Å²) in [6.07, 6.45) is -4.58. The molecule has 0 aromatic carbocycles. The first kappa shape index (κ1) is 15.3. The smallest absolute Gasteiger partial charge is 0.338 e. The Morgan fingerprint density at radius 1 is 1.33 bits per heavy atom. The lowest BCUT2D eigenvalue weighted by Crippen LogP contribution is -2.57. The molecule has 0 unspecified atom stereocenters. The van der Waals surface area contributed by atoms with Gasteiger partial charge in [0.1, 0.15) is 12.2 Å². The lowest BCUT2D eigenvalue weighted by atomic mass is 9.80. The van der Waals surface area contributed by atoms with Crippen molar-refractivity contribution in [2.24, 2.45) is 0 Å². The summed E-state index contributed by atoms with van der Waals surface area (Å²) in [5, 5.41) is 29.1. The first-order chi connectivity index (χ1) is 8.09. The standard InChI is InChI=1S/C9H16O8S/c1-16-8(12)9(13)3-5(10)7(11)6(4-9)17-18(2,14)15/h5-7,10-11,13H,3-4H2,1-2H3/t5-,6-,7-,9+/m1/s1. The zero-order valence-corrected chi connectivity index (χ0v) is 10.8. The first-order valence-electron chi connectivity index (χ1n) is 5.14. The van der Waals surface area contributed by atoms with E-state index in [9.17, 15) is 28.5 Å². The van der Waals surface area contributed by atoms with E-state index in [2.05, 4.69) is 8.92 Å². The van der Waals surface area contributed by atoms with E-state index in [0.29, 0.717) is 0 Å². The third-order valence-electron chi connectivity index (χ3n) is 2.72. The fourth-order valence-corrected chi connectivity index (χ4v) is 2.55. The molecule has 0 radical (unpaired) electrons. The van der Waals surface area contributed by atoms with E-state index in [1.54, 1.807) is 0 Å². The van der Waals surface area contributed by atoms with Gasteiger partial charge in [0.15, 0.2) is 5.60 Å². The maximum absolute atomic E-state index is 11.4. The van der Waals surface area contributed by atoms with Crippen molar-refractivity contribution in [2.75, 3.05) is 13.4 Å². The summed E-state index contributed by atoms with van der Waals surface area (Å²) < 4.78 is 30.9. The molecule has 1 rings (SSSR count). The number of carbonyl (C=O) groups excluding carboxylic acids is 1. The molecule has 1 aliphatic rings. The van der Waals surface area contributed by atoms with Gasteiger partial charge in [-0.2, -0.15) is 8.42 Å². The number of ether oxygens (including phenoxy) is 1. The third kappa shape index (κ3) is 3.39. The quantitative estimate of drug-likeness (QED) is 0.391. The van der Waals surface area contributed by atoms with Crippen molar-refractivity contribution in [1.29, 1.82) is 0 Å². The molecule has 0 saturated heterocycles. The van der Waals surface area contributed by atoms with Gasteiger partial charge in [0.25, 0.3) is 10.1 Å². The topological polar surface area (TPSA) is 130 Å². The van der Waals surface area contributed by atoms with Gasteiger partial charge in [0.2, 0.25) is 0 Å². The second kappa shape index (κ2) is 5.10. The average Bonchev–Trinajstić information content (AvgIpc) is 2.22. The molecule has 0 heterocycles. The highest BCUT2D eigenvalue weighted by atomic mass is 32.2. The number of carbonyl (C=O) groups is 1. The van der Waals surface area contributed by atoms with Gasteiger partial charge in [-0.15, -0.1) is 0 Å².